The second-order valence-corrected chi connectivity index (χ2v) is 4.05. The predicted octanol–water partition coefficient (Wildman–Crippen LogP) is -0.283. The highest BCUT2D eigenvalue weighted by Gasteiger charge is 2.22. The largest absolute Gasteiger partial charge is 0.469 e. The maximum absolute atomic E-state index is 11.6. The number of esters is 1. The second kappa shape index (κ2) is 7.60. The smallest absolute Gasteiger partial charge is 0.310 e. The molecule has 0 spiro atoms. The van der Waals surface area contributed by atoms with E-state index in [4.69, 9.17) is 9.47 Å². The molecule has 1 heterocycles. The second-order valence-electron chi connectivity index (χ2n) is 4.05. The van der Waals surface area contributed by atoms with Crippen molar-refractivity contribution in [1.29, 1.82) is 0 Å². The fourth-order valence-electron chi connectivity index (χ4n) is 1.92. The lowest BCUT2D eigenvalue weighted by Crippen LogP contribution is -2.46. The molecule has 1 aliphatic rings. The van der Waals surface area contributed by atoms with Crippen LogP contribution in [0, 0.1) is 5.92 Å². The van der Waals surface area contributed by atoms with Gasteiger partial charge in [0.15, 0.2) is 0 Å². The van der Waals surface area contributed by atoms with E-state index in [2.05, 4.69) is 10.2 Å². The molecule has 0 aromatic heterocycles. The van der Waals surface area contributed by atoms with Gasteiger partial charge >= 0.3 is 5.97 Å². The van der Waals surface area contributed by atoms with E-state index in [1.54, 1.807) is 7.11 Å². The van der Waals surface area contributed by atoms with Crippen molar-refractivity contribution in [2.45, 2.75) is 6.42 Å². The Hall–Kier alpha value is -0.650. The van der Waals surface area contributed by atoms with Crippen LogP contribution in [-0.4, -0.2) is 64.4 Å². The Balaban J connectivity index is 2.38. The molecule has 0 amide bonds. The molecule has 5 nitrogen and oxygen atoms in total. The minimum absolute atomic E-state index is 0.0666. The lowest BCUT2D eigenvalue weighted by molar-refractivity contribution is -0.146. The van der Waals surface area contributed by atoms with E-state index in [-0.39, 0.29) is 11.9 Å². The fraction of sp³-hybridized carbons (Fsp3) is 0.909. The van der Waals surface area contributed by atoms with Crippen molar-refractivity contribution in [3.05, 3.63) is 0 Å². The van der Waals surface area contributed by atoms with E-state index in [1.807, 2.05) is 0 Å². The highest BCUT2D eigenvalue weighted by atomic mass is 16.5. The Labute approximate surface area is 97.1 Å². The Kier molecular flexibility index (Phi) is 6.37. The highest BCUT2D eigenvalue weighted by Crippen LogP contribution is 2.09. The molecule has 0 saturated carbocycles. The first-order valence-corrected chi connectivity index (χ1v) is 5.77. The highest BCUT2D eigenvalue weighted by molar-refractivity contribution is 5.72. The summed E-state index contributed by atoms with van der Waals surface area (Å²) in [5, 5.41) is 3.29. The molecule has 16 heavy (non-hydrogen) atoms. The monoisotopic (exact) mass is 230 g/mol. The molecular weight excluding hydrogens is 208 g/mol. The average molecular weight is 230 g/mol. The summed E-state index contributed by atoms with van der Waals surface area (Å²) in [4.78, 5) is 13.9. The van der Waals surface area contributed by atoms with Crippen LogP contribution in [0.3, 0.4) is 0 Å². The summed E-state index contributed by atoms with van der Waals surface area (Å²) in [6.45, 7) is 5.38. The van der Waals surface area contributed by atoms with Crippen molar-refractivity contribution in [2.75, 3.05) is 53.6 Å². The van der Waals surface area contributed by atoms with Crippen molar-refractivity contribution in [3.63, 3.8) is 0 Å². The van der Waals surface area contributed by atoms with Crippen LogP contribution in [0.25, 0.3) is 0 Å². The molecule has 1 unspecified atom stereocenters. The van der Waals surface area contributed by atoms with Gasteiger partial charge in [-0.15, -0.1) is 0 Å². The minimum Gasteiger partial charge on any atom is -0.469 e. The van der Waals surface area contributed by atoms with E-state index in [0.717, 1.165) is 39.1 Å². The number of ether oxygens (including phenoxy) is 2. The van der Waals surface area contributed by atoms with Gasteiger partial charge in [0, 0.05) is 46.4 Å². The van der Waals surface area contributed by atoms with Crippen LogP contribution < -0.4 is 5.32 Å². The van der Waals surface area contributed by atoms with Crippen molar-refractivity contribution >= 4 is 5.97 Å². The average Bonchev–Trinajstić information content (AvgIpc) is 2.34. The number of carbonyl (C=O) groups excluding carboxylic acids is 1. The van der Waals surface area contributed by atoms with Crippen LogP contribution >= 0.6 is 0 Å². The van der Waals surface area contributed by atoms with Gasteiger partial charge in [0.2, 0.25) is 0 Å². The zero-order valence-corrected chi connectivity index (χ0v) is 10.2. The minimum atomic E-state index is -0.129. The molecule has 0 radical (unpaired) electrons. The van der Waals surface area contributed by atoms with Gasteiger partial charge < -0.3 is 14.8 Å². The zero-order chi connectivity index (χ0) is 11.8. The first kappa shape index (κ1) is 13.4. The Morgan fingerprint density at radius 2 is 2.06 bits per heavy atom. The molecule has 1 N–H and O–H groups in total. The normalized spacial score (nSPS) is 19.4. The molecule has 1 atom stereocenters. The topological polar surface area (TPSA) is 50.8 Å². The Bertz CT molecular complexity index is 205. The van der Waals surface area contributed by atoms with E-state index in [9.17, 15) is 4.79 Å². The summed E-state index contributed by atoms with van der Waals surface area (Å²) in [6.07, 6.45) is 0.729. The first-order chi connectivity index (χ1) is 7.77. The SMILES string of the molecule is COCCC(CN1CCNCC1)C(=O)OC. The summed E-state index contributed by atoms with van der Waals surface area (Å²) in [6, 6.07) is 0. The number of piperazine rings is 1. The number of hydrogen-bond donors (Lipinski definition) is 1. The number of nitrogens with zero attached hydrogens (tertiary/aromatic N) is 1. The van der Waals surface area contributed by atoms with Gasteiger partial charge in [0.25, 0.3) is 0 Å². The summed E-state index contributed by atoms with van der Waals surface area (Å²) < 4.78 is 9.83. The molecule has 1 fully saturated rings. The Morgan fingerprint density at radius 3 is 2.62 bits per heavy atom. The molecular formula is C11H22N2O3. The third-order valence-corrected chi connectivity index (χ3v) is 2.89. The van der Waals surface area contributed by atoms with E-state index < -0.39 is 0 Å². The van der Waals surface area contributed by atoms with Gasteiger partial charge in [-0.05, 0) is 6.42 Å². The molecule has 0 bridgehead atoms. The van der Waals surface area contributed by atoms with E-state index in [0.29, 0.717) is 6.61 Å². The molecule has 94 valence electrons. The Morgan fingerprint density at radius 1 is 1.38 bits per heavy atom. The van der Waals surface area contributed by atoms with Gasteiger partial charge in [-0.1, -0.05) is 0 Å². The van der Waals surface area contributed by atoms with Crippen LogP contribution in [0.2, 0.25) is 0 Å². The maximum atomic E-state index is 11.6. The quantitative estimate of drug-likeness (QED) is 0.636. The van der Waals surface area contributed by atoms with E-state index >= 15 is 0 Å². The van der Waals surface area contributed by atoms with Crippen LogP contribution in [0.4, 0.5) is 0 Å². The van der Waals surface area contributed by atoms with E-state index in [1.165, 1.54) is 7.11 Å². The summed E-state index contributed by atoms with van der Waals surface area (Å²) >= 11 is 0. The summed E-state index contributed by atoms with van der Waals surface area (Å²) in [5.74, 6) is -0.196. The van der Waals surface area contributed by atoms with Crippen molar-refractivity contribution in [2.24, 2.45) is 5.92 Å². The molecule has 5 heteroatoms. The van der Waals surface area contributed by atoms with Gasteiger partial charge in [-0.2, -0.15) is 0 Å². The maximum Gasteiger partial charge on any atom is 0.310 e. The number of rotatable bonds is 6. The van der Waals surface area contributed by atoms with Crippen LogP contribution in [0.15, 0.2) is 0 Å². The molecule has 1 rings (SSSR count). The van der Waals surface area contributed by atoms with Crippen LogP contribution in [0.1, 0.15) is 6.42 Å². The summed E-state index contributed by atoms with van der Waals surface area (Å²) in [7, 11) is 3.10. The van der Waals surface area contributed by atoms with Crippen LogP contribution in [0.5, 0.6) is 0 Å². The number of carbonyl (C=O) groups is 1. The predicted molar refractivity (Wildman–Crippen MR) is 61.3 cm³/mol. The van der Waals surface area contributed by atoms with Crippen molar-refractivity contribution in [3.8, 4) is 0 Å². The lowest BCUT2D eigenvalue weighted by Gasteiger charge is -2.29. The first-order valence-electron chi connectivity index (χ1n) is 5.77. The van der Waals surface area contributed by atoms with Crippen LogP contribution in [-0.2, 0) is 14.3 Å². The van der Waals surface area contributed by atoms with Gasteiger partial charge in [0.05, 0.1) is 13.0 Å². The van der Waals surface area contributed by atoms with Gasteiger partial charge in [-0.3, -0.25) is 9.69 Å². The standard InChI is InChI=1S/C11H22N2O3/c1-15-8-3-10(11(14)16-2)9-13-6-4-12-5-7-13/h10,12H,3-9H2,1-2H3. The fourth-order valence-corrected chi connectivity index (χ4v) is 1.92. The lowest BCUT2D eigenvalue weighted by atomic mass is 10.1. The number of methoxy groups -OCH3 is 2. The molecule has 0 aliphatic carbocycles. The number of hydrogen-bond acceptors (Lipinski definition) is 5. The van der Waals surface area contributed by atoms with Gasteiger partial charge in [-0.25, -0.2) is 0 Å². The molecule has 0 aromatic carbocycles. The van der Waals surface area contributed by atoms with Gasteiger partial charge in [0.1, 0.15) is 0 Å². The molecule has 1 aliphatic heterocycles. The van der Waals surface area contributed by atoms with Crippen molar-refractivity contribution < 1.29 is 14.3 Å². The molecule has 1 saturated heterocycles. The van der Waals surface area contributed by atoms with Crippen molar-refractivity contribution in [1.82, 2.24) is 10.2 Å². The number of nitrogens with one attached hydrogen (secondary N) is 1. The third kappa shape index (κ3) is 4.47. The zero-order valence-electron chi connectivity index (χ0n) is 10.2. The summed E-state index contributed by atoms with van der Waals surface area (Å²) in [5.41, 5.74) is 0. The third-order valence-electron chi connectivity index (χ3n) is 2.89. The molecule has 0 aromatic rings.